The second-order valence-electron chi connectivity index (χ2n) is 26.2. The van der Waals surface area contributed by atoms with Crippen molar-refractivity contribution < 1.29 is 80.2 Å². The van der Waals surface area contributed by atoms with Gasteiger partial charge in [0.15, 0.2) is 12.2 Å². The van der Waals surface area contributed by atoms with E-state index in [4.69, 9.17) is 37.0 Å². The third-order valence-electron chi connectivity index (χ3n) is 16.2. The first-order valence-electron chi connectivity index (χ1n) is 36.5. The van der Waals surface area contributed by atoms with E-state index in [2.05, 4.69) is 41.5 Å². The van der Waals surface area contributed by atoms with Crippen molar-refractivity contribution in [2.24, 2.45) is 11.8 Å². The van der Waals surface area contributed by atoms with Gasteiger partial charge in [0.05, 0.1) is 26.4 Å². The lowest BCUT2D eigenvalue weighted by Gasteiger charge is -2.21. The number of carbonyl (C=O) groups is 4. The summed E-state index contributed by atoms with van der Waals surface area (Å²) in [5.41, 5.74) is 0. The van der Waals surface area contributed by atoms with Gasteiger partial charge < -0.3 is 33.8 Å². The Hall–Kier alpha value is -1.94. The van der Waals surface area contributed by atoms with Crippen molar-refractivity contribution in [3.8, 4) is 0 Å². The second-order valence-corrected chi connectivity index (χ2v) is 29.1. The van der Waals surface area contributed by atoms with Gasteiger partial charge in [0, 0.05) is 25.7 Å². The first kappa shape index (κ1) is 87.1. The average Bonchev–Trinajstić information content (AvgIpc) is 3.49. The Kier molecular flexibility index (Phi) is 60.8. The molecule has 0 aliphatic heterocycles. The zero-order valence-electron chi connectivity index (χ0n) is 57.7. The molecule has 0 amide bonds. The molecule has 0 aromatic heterocycles. The van der Waals surface area contributed by atoms with Gasteiger partial charge >= 0.3 is 39.5 Å². The molecule has 5 atom stereocenters. The van der Waals surface area contributed by atoms with E-state index in [1.165, 1.54) is 167 Å². The van der Waals surface area contributed by atoms with E-state index in [0.29, 0.717) is 31.6 Å². The van der Waals surface area contributed by atoms with Crippen LogP contribution in [0.4, 0.5) is 0 Å². The minimum absolute atomic E-state index is 0.103. The number of rotatable bonds is 69. The van der Waals surface area contributed by atoms with Gasteiger partial charge in [0.1, 0.15) is 19.3 Å². The van der Waals surface area contributed by atoms with Gasteiger partial charge in [-0.1, -0.05) is 305 Å². The standard InChI is InChI=1S/C70H136O17P2/c1-7-9-11-13-15-17-18-19-20-21-22-23-24-25-30-36-42-48-54-69(74)86-65(59-81-68(73)53-47-41-35-29-27-26-28-32-38-44-50-62(3)4)60-84-88(76,77)82-56-64(71)57-83-89(78,79)85-61-66(58-80-67(72)52-46-40-34-16-14-12-10-8-2)87-70(75)55-49-43-37-31-33-39-45-51-63(5)6/h62-66,71H,7-61H2,1-6H3,(H,76,77)(H,78,79)/t64-,65-,66-/m1/s1. The summed E-state index contributed by atoms with van der Waals surface area (Å²) in [5, 5.41) is 10.6. The normalized spacial score (nSPS) is 14.1. The highest BCUT2D eigenvalue weighted by Gasteiger charge is 2.30. The van der Waals surface area contributed by atoms with Crippen LogP contribution in [-0.2, 0) is 65.4 Å². The Morgan fingerprint density at radius 2 is 0.517 bits per heavy atom. The van der Waals surface area contributed by atoms with Crippen LogP contribution in [0.2, 0.25) is 0 Å². The molecular weight excluding hydrogens is 1170 g/mol. The Morgan fingerprint density at radius 1 is 0.303 bits per heavy atom. The number of aliphatic hydroxyl groups excluding tert-OH is 1. The summed E-state index contributed by atoms with van der Waals surface area (Å²) in [5.74, 6) is -0.674. The maximum absolute atomic E-state index is 13.0. The molecule has 3 N–H and O–H groups in total. The predicted octanol–water partition coefficient (Wildman–Crippen LogP) is 20.0. The van der Waals surface area contributed by atoms with Gasteiger partial charge in [-0.05, 0) is 37.5 Å². The van der Waals surface area contributed by atoms with Crippen molar-refractivity contribution in [3.63, 3.8) is 0 Å². The molecule has 17 nitrogen and oxygen atoms in total. The van der Waals surface area contributed by atoms with E-state index in [1.54, 1.807) is 0 Å². The van der Waals surface area contributed by atoms with E-state index in [0.717, 1.165) is 102 Å². The van der Waals surface area contributed by atoms with Gasteiger partial charge in [-0.2, -0.15) is 0 Å². The molecule has 0 heterocycles. The largest absolute Gasteiger partial charge is 0.472 e. The van der Waals surface area contributed by atoms with E-state index >= 15 is 0 Å². The Morgan fingerprint density at radius 3 is 0.764 bits per heavy atom. The van der Waals surface area contributed by atoms with E-state index in [1.807, 2.05) is 0 Å². The minimum Gasteiger partial charge on any atom is -0.462 e. The Labute approximate surface area is 543 Å². The summed E-state index contributed by atoms with van der Waals surface area (Å²) < 4.78 is 68.2. The van der Waals surface area contributed by atoms with Crippen LogP contribution < -0.4 is 0 Å². The number of unbranched alkanes of at least 4 members (excludes halogenated alkanes) is 39. The molecule has 0 aliphatic carbocycles. The lowest BCUT2D eigenvalue weighted by atomic mass is 10.0. The summed E-state index contributed by atoms with van der Waals surface area (Å²) in [6.07, 6.45) is 47.4. The van der Waals surface area contributed by atoms with Crippen molar-refractivity contribution in [2.75, 3.05) is 39.6 Å². The van der Waals surface area contributed by atoms with Crippen molar-refractivity contribution in [2.45, 2.75) is 374 Å². The first-order chi connectivity index (χ1) is 42.9. The molecule has 2 unspecified atom stereocenters. The average molecular weight is 1310 g/mol. The highest BCUT2D eigenvalue weighted by Crippen LogP contribution is 2.45. The van der Waals surface area contributed by atoms with Crippen LogP contribution in [-0.4, -0.2) is 96.7 Å². The van der Waals surface area contributed by atoms with E-state index in [-0.39, 0.29) is 25.7 Å². The van der Waals surface area contributed by atoms with Gasteiger partial charge in [0.2, 0.25) is 0 Å². The van der Waals surface area contributed by atoms with Gasteiger partial charge in [0.25, 0.3) is 0 Å². The fourth-order valence-corrected chi connectivity index (χ4v) is 12.2. The molecule has 0 saturated heterocycles. The highest BCUT2D eigenvalue weighted by atomic mass is 31.2. The Bertz CT molecular complexity index is 1730. The highest BCUT2D eigenvalue weighted by molar-refractivity contribution is 7.47. The van der Waals surface area contributed by atoms with Crippen LogP contribution in [0.25, 0.3) is 0 Å². The van der Waals surface area contributed by atoms with E-state index < -0.39 is 97.5 Å². The summed E-state index contributed by atoms with van der Waals surface area (Å²) in [4.78, 5) is 72.4. The molecule has 0 fully saturated rings. The summed E-state index contributed by atoms with van der Waals surface area (Å²) in [6.45, 7) is 9.45. The lowest BCUT2D eigenvalue weighted by Crippen LogP contribution is -2.30. The van der Waals surface area contributed by atoms with Crippen LogP contribution in [0.1, 0.15) is 356 Å². The van der Waals surface area contributed by atoms with Crippen molar-refractivity contribution in [1.29, 1.82) is 0 Å². The first-order valence-corrected chi connectivity index (χ1v) is 39.5. The fourth-order valence-electron chi connectivity index (χ4n) is 10.6. The molecule has 0 aromatic carbocycles. The number of aliphatic hydroxyl groups is 1. The van der Waals surface area contributed by atoms with Crippen LogP contribution in [0.5, 0.6) is 0 Å². The fraction of sp³-hybridized carbons (Fsp3) is 0.943. The zero-order chi connectivity index (χ0) is 65.7. The van der Waals surface area contributed by atoms with Crippen LogP contribution in [0.3, 0.4) is 0 Å². The summed E-state index contributed by atoms with van der Waals surface area (Å²) in [7, 11) is -9.90. The van der Waals surface area contributed by atoms with Gasteiger partial charge in [-0.15, -0.1) is 0 Å². The number of ether oxygens (including phenoxy) is 4. The zero-order valence-corrected chi connectivity index (χ0v) is 59.5. The number of phosphoric acid groups is 2. The molecule has 0 spiro atoms. The number of hydrogen-bond donors (Lipinski definition) is 3. The third kappa shape index (κ3) is 64.6. The number of phosphoric ester groups is 2. The second kappa shape index (κ2) is 62.2. The van der Waals surface area contributed by atoms with Gasteiger partial charge in [-0.25, -0.2) is 9.13 Å². The topological polar surface area (TPSA) is 237 Å². The SMILES string of the molecule is CCCCCCCCCCCCCCCCCCCCC(=O)O[C@H](COC(=O)CCCCCCCCCCCCC(C)C)COP(=O)(O)OC[C@@H](O)COP(=O)(O)OC[C@@H](COC(=O)CCCCCCCCCC)OC(=O)CCCCCCCCCC(C)C. The lowest BCUT2D eigenvalue weighted by molar-refractivity contribution is -0.161. The summed E-state index contributed by atoms with van der Waals surface area (Å²) in [6, 6.07) is 0. The predicted molar refractivity (Wildman–Crippen MR) is 358 cm³/mol. The molecular formula is C70H136O17P2. The Balaban J connectivity index is 5.20. The maximum Gasteiger partial charge on any atom is 0.472 e. The number of hydrogen-bond acceptors (Lipinski definition) is 15. The third-order valence-corrected chi connectivity index (χ3v) is 18.1. The van der Waals surface area contributed by atoms with Crippen LogP contribution >= 0.6 is 15.6 Å². The van der Waals surface area contributed by atoms with E-state index in [9.17, 15) is 43.2 Å². The number of carbonyl (C=O) groups excluding carboxylic acids is 4. The number of esters is 4. The van der Waals surface area contributed by atoms with Gasteiger partial charge in [-0.3, -0.25) is 37.3 Å². The van der Waals surface area contributed by atoms with Crippen LogP contribution in [0.15, 0.2) is 0 Å². The van der Waals surface area contributed by atoms with Crippen molar-refractivity contribution >= 4 is 39.5 Å². The smallest absolute Gasteiger partial charge is 0.462 e. The monoisotopic (exact) mass is 1310 g/mol. The molecule has 19 heteroatoms. The van der Waals surface area contributed by atoms with Crippen LogP contribution in [0, 0.1) is 11.8 Å². The van der Waals surface area contributed by atoms with Crippen molar-refractivity contribution in [1.82, 2.24) is 0 Å². The molecule has 0 rings (SSSR count). The molecule has 528 valence electrons. The van der Waals surface area contributed by atoms with Crippen molar-refractivity contribution in [3.05, 3.63) is 0 Å². The molecule has 0 radical (unpaired) electrons. The quantitative estimate of drug-likeness (QED) is 0.0222. The summed E-state index contributed by atoms with van der Waals surface area (Å²) >= 11 is 0. The molecule has 89 heavy (non-hydrogen) atoms. The molecule has 0 bridgehead atoms. The molecule has 0 aromatic rings. The molecule has 0 saturated carbocycles. The minimum atomic E-state index is -4.95. The maximum atomic E-state index is 13.0. The molecule has 0 aliphatic rings.